The number of aliphatic hydroxyl groups is 1. The predicted molar refractivity (Wildman–Crippen MR) is 77.4 cm³/mol. The monoisotopic (exact) mass is 327 g/mol. The molecular formula is C12H17N5O4S. The second-order valence-electron chi connectivity index (χ2n) is 5.54. The molecule has 1 aliphatic rings. The van der Waals surface area contributed by atoms with E-state index in [0.29, 0.717) is 24.0 Å². The molecule has 3 rings (SSSR count). The lowest BCUT2D eigenvalue weighted by atomic mass is 10.2. The predicted octanol–water partition coefficient (Wildman–Crippen LogP) is -0.0663. The first-order chi connectivity index (χ1) is 10.3. The van der Waals surface area contributed by atoms with Gasteiger partial charge in [0.25, 0.3) is 0 Å². The highest BCUT2D eigenvalue weighted by atomic mass is 32.2. The molecule has 9 nitrogen and oxygen atoms in total. The summed E-state index contributed by atoms with van der Waals surface area (Å²) in [7, 11) is -3.08. The Bertz CT molecular complexity index is 805. The number of imidazole rings is 1. The third-order valence-electron chi connectivity index (χ3n) is 4.24. The third kappa shape index (κ3) is 2.47. The van der Waals surface area contributed by atoms with E-state index in [-0.39, 0.29) is 6.04 Å². The lowest BCUT2D eigenvalue weighted by Crippen LogP contribution is -2.41. The van der Waals surface area contributed by atoms with E-state index in [1.165, 1.54) is 13.4 Å². The summed E-state index contributed by atoms with van der Waals surface area (Å²) in [5.41, 5.74) is 2.09. The van der Waals surface area contributed by atoms with Gasteiger partial charge in [-0.2, -0.15) is 12.7 Å². The van der Waals surface area contributed by atoms with E-state index in [2.05, 4.69) is 15.0 Å². The summed E-state index contributed by atoms with van der Waals surface area (Å²) in [6, 6.07) is -0.830. The molecule has 1 saturated carbocycles. The maximum atomic E-state index is 11.2. The number of aromatic nitrogens is 4. The molecule has 0 radical (unpaired) electrons. The second kappa shape index (κ2) is 5.23. The highest BCUT2D eigenvalue weighted by Gasteiger charge is 2.40. The van der Waals surface area contributed by atoms with Gasteiger partial charge in [0.2, 0.25) is 0 Å². The maximum Gasteiger partial charge on any atom is 0.335 e. The quantitative estimate of drug-likeness (QED) is 0.757. The Morgan fingerprint density at radius 1 is 1.32 bits per heavy atom. The zero-order valence-electron chi connectivity index (χ0n) is 12.2. The highest BCUT2D eigenvalue weighted by molar-refractivity contribution is 7.83. The van der Waals surface area contributed by atoms with Crippen molar-refractivity contribution in [3.63, 3.8) is 0 Å². The average molecular weight is 327 g/mol. The molecule has 2 aromatic rings. The number of nitrogens with zero attached hydrogens (tertiary/aromatic N) is 5. The van der Waals surface area contributed by atoms with Crippen molar-refractivity contribution in [1.82, 2.24) is 23.8 Å². The van der Waals surface area contributed by atoms with Crippen LogP contribution in [0.25, 0.3) is 11.2 Å². The van der Waals surface area contributed by atoms with Crippen molar-refractivity contribution in [1.29, 1.82) is 0 Å². The molecule has 0 saturated heterocycles. The van der Waals surface area contributed by atoms with Gasteiger partial charge in [-0.25, -0.2) is 15.0 Å². The molecule has 2 N–H and O–H groups in total. The standard InChI is InChI=1S/C12H17N5O4S/c1-7-11-12(14-5-13-7)17(6-15-11)8-3-9(10(18)4-8)16(2)22(19,20)21/h5-6,8-10,18H,3-4H2,1-2H3,(H,19,20,21)/t8-,9-,10+/m1/s1. The molecule has 0 unspecified atom stereocenters. The fourth-order valence-electron chi connectivity index (χ4n) is 2.99. The van der Waals surface area contributed by atoms with Crippen LogP contribution in [0.4, 0.5) is 0 Å². The molecule has 2 aromatic heterocycles. The van der Waals surface area contributed by atoms with Gasteiger partial charge in [0.1, 0.15) is 11.8 Å². The van der Waals surface area contributed by atoms with Crippen molar-refractivity contribution in [2.45, 2.75) is 38.0 Å². The maximum absolute atomic E-state index is 11.2. The molecule has 2 heterocycles. The van der Waals surface area contributed by atoms with E-state index < -0.39 is 22.4 Å². The topological polar surface area (TPSA) is 121 Å². The molecular weight excluding hydrogens is 310 g/mol. The van der Waals surface area contributed by atoms with Crippen LogP contribution in [-0.4, -0.2) is 61.1 Å². The first-order valence-corrected chi connectivity index (χ1v) is 8.21. The number of hydrogen-bond donors (Lipinski definition) is 2. The molecule has 0 spiro atoms. The Balaban J connectivity index is 1.92. The number of aliphatic hydroxyl groups excluding tert-OH is 1. The van der Waals surface area contributed by atoms with E-state index >= 15 is 0 Å². The molecule has 120 valence electrons. The smallest absolute Gasteiger partial charge is 0.335 e. The van der Waals surface area contributed by atoms with Gasteiger partial charge in [-0.3, -0.25) is 4.55 Å². The van der Waals surface area contributed by atoms with E-state index in [1.807, 2.05) is 11.5 Å². The largest absolute Gasteiger partial charge is 0.391 e. The second-order valence-corrected chi connectivity index (χ2v) is 7.01. The summed E-state index contributed by atoms with van der Waals surface area (Å²) in [5, 5.41) is 10.1. The van der Waals surface area contributed by atoms with Crippen LogP contribution < -0.4 is 0 Å². The van der Waals surface area contributed by atoms with Crippen LogP contribution in [0.5, 0.6) is 0 Å². The normalized spacial score (nSPS) is 26.1. The number of hydrogen-bond acceptors (Lipinski definition) is 6. The van der Waals surface area contributed by atoms with Crippen molar-refractivity contribution >= 4 is 21.5 Å². The Labute approximate surface area is 127 Å². The molecule has 1 fully saturated rings. The lowest BCUT2D eigenvalue weighted by Gasteiger charge is -2.23. The van der Waals surface area contributed by atoms with Crippen LogP contribution in [-0.2, 0) is 10.3 Å². The Kier molecular flexibility index (Phi) is 3.63. The van der Waals surface area contributed by atoms with E-state index in [9.17, 15) is 13.5 Å². The van der Waals surface area contributed by atoms with Crippen LogP contribution in [0.3, 0.4) is 0 Å². The Hall–Kier alpha value is -1.62. The van der Waals surface area contributed by atoms with Gasteiger partial charge < -0.3 is 9.67 Å². The minimum atomic E-state index is -4.34. The van der Waals surface area contributed by atoms with Crippen molar-refractivity contribution in [2.75, 3.05) is 7.05 Å². The molecule has 3 atom stereocenters. The van der Waals surface area contributed by atoms with Crippen molar-refractivity contribution in [2.24, 2.45) is 0 Å². The van der Waals surface area contributed by atoms with Crippen molar-refractivity contribution in [3.05, 3.63) is 18.3 Å². The molecule has 0 amide bonds. The summed E-state index contributed by atoms with van der Waals surface area (Å²) in [4.78, 5) is 12.6. The third-order valence-corrected chi connectivity index (χ3v) is 5.24. The van der Waals surface area contributed by atoms with Gasteiger partial charge in [0, 0.05) is 13.1 Å². The highest BCUT2D eigenvalue weighted by Crippen LogP contribution is 2.35. The molecule has 10 heteroatoms. The van der Waals surface area contributed by atoms with E-state index in [1.54, 1.807) is 6.33 Å². The Morgan fingerprint density at radius 2 is 2.05 bits per heavy atom. The van der Waals surface area contributed by atoms with Crippen LogP contribution >= 0.6 is 0 Å². The fraction of sp³-hybridized carbons (Fsp3) is 0.583. The van der Waals surface area contributed by atoms with Crippen LogP contribution in [0.2, 0.25) is 0 Å². The van der Waals surface area contributed by atoms with Gasteiger partial charge in [-0.15, -0.1) is 0 Å². The van der Waals surface area contributed by atoms with Crippen LogP contribution in [0.1, 0.15) is 24.6 Å². The SMILES string of the molecule is Cc1ncnc2c1ncn2[C@@H]1C[C@@H](N(C)S(=O)(=O)O)[C@@H](O)C1. The minimum absolute atomic E-state index is 0.150. The van der Waals surface area contributed by atoms with Crippen LogP contribution in [0, 0.1) is 6.92 Å². The van der Waals surface area contributed by atoms with Crippen LogP contribution in [0.15, 0.2) is 12.7 Å². The van der Waals surface area contributed by atoms with Crippen molar-refractivity contribution in [3.8, 4) is 0 Å². The first kappa shape index (κ1) is 15.3. The summed E-state index contributed by atoms with van der Waals surface area (Å²) in [5.74, 6) is 0. The number of likely N-dealkylation sites (N-methyl/N-ethyl adjacent to an activating group) is 1. The fourth-order valence-corrected chi connectivity index (χ4v) is 3.56. The number of rotatable bonds is 3. The van der Waals surface area contributed by atoms with E-state index in [4.69, 9.17) is 4.55 Å². The first-order valence-electron chi connectivity index (χ1n) is 6.81. The van der Waals surface area contributed by atoms with Gasteiger partial charge in [0.05, 0.1) is 24.2 Å². The molecule has 0 aliphatic heterocycles. The summed E-state index contributed by atoms with van der Waals surface area (Å²) in [6.07, 6.45) is 2.94. The molecule has 0 bridgehead atoms. The van der Waals surface area contributed by atoms with Crippen molar-refractivity contribution < 1.29 is 18.1 Å². The summed E-state index contributed by atoms with van der Waals surface area (Å²) < 4.78 is 34.3. The summed E-state index contributed by atoms with van der Waals surface area (Å²) >= 11 is 0. The minimum Gasteiger partial charge on any atom is -0.391 e. The molecule has 22 heavy (non-hydrogen) atoms. The van der Waals surface area contributed by atoms with E-state index in [0.717, 1.165) is 10.00 Å². The lowest BCUT2D eigenvalue weighted by molar-refractivity contribution is 0.117. The molecule has 0 aromatic carbocycles. The number of aryl methyl sites for hydroxylation is 1. The van der Waals surface area contributed by atoms with Gasteiger partial charge in [-0.1, -0.05) is 0 Å². The van der Waals surface area contributed by atoms with Gasteiger partial charge in [0.15, 0.2) is 5.65 Å². The van der Waals surface area contributed by atoms with Gasteiger partial charge >= 0.3 is 10.3 Å². The average Bonchev–Trinajstić information content (AvgIpc) is 3.01. The van der Waals surface area contributed by atoms with Gasteiger partial charge in [-0.05, 0) is 19.8 Å². The number of fused-ring (bicyclic) bond motifs is 1. The zero-order valence-corrected chi connectivity index (χ0v) is 13.0. The summed E-state index contributed by atoms with van der Waals surface area (Å²) in [6.45, 7) is 1.83. The zero-order chi connectivity index (χ0) is 16.1. The molecule has 1 aliphatic carbocycles. The Morgan fingerprint density at radius 3 is 2.73 bits per heavy atom.